The summed E-state index contributed by atoms with van der Waals surface area (Å²) in [5, 5.41) is 0. The van der Waals surface area contributed by atoms with Crippen LogP contribution in [0.1, 0.15) is 36.9 Å². The van der Waals surface area contributed by atoms with Crippen LogP contribution in [0, 0.1) is 18.7 Å². The molecular weight excluding hydrogens is 205 g/mol. The van der Waals surface area contributed by atoms with Crippen molar-refractivity contribution in [2.45, 2.75) is 32.7 Å². The van der Waals surface area contributed by atoms with E-state index in [9.17, 15) is 4.39 Å². The fourth-order valence-corrected chi connectivity index (χ4v) is 1.64. The average molecular weight is 223 g/mol. The molecular formula is C13H18FNO. The van der Waals surface area contributed by atoms with Crippen molar-refractivity contribution in [3.8, 4) is 5.75 Å². The monoisotopic (exact) mass is 223 g/mol. The summed E-state index contributed by atoms with van der Waals surface area (Å²) in [4.78, 5) is 0. The molecule has 1 saturated carbocycles. The van der Waals surface area contributed by atoms with Gasteiger partial charge < -0.3 is 10.5 Å². The lowest BCUT2D eigenvalue weighted by Gasteiger charge is -2.15. The molecule has 2 N–H and O–H groups in total. The highest BCUT2D eigenvalue weighted by molar-refractivity contribution is 5.39. The molecule has 0 aliphatic heterocycles. The maximum absolute atomic E-state index is 13.4. The van der Waals surface area contributed by atoms with Crippen LogP contribution in [0.3, 0.4) is 0 Å². The third-order valence-corrected chi connectivity index (χ3v) is 2.95. The third-order valence-electron chi connectivity index (χ3n) is 2.95. The fourth-order valence-electron chi connectivity index (χ4n) is 1.64. The van der Waals surface area contributed by atoms with E-state index in [1.807, 2.05) is 6.92 Å². The summed E-state index contributed by atoms with van der Waals surface area (Å²) in [5.74, 6) is 1.21. The summed E-state index contributed by atoms with van der Waals surface area (Å²) in [7, 11) is 0. The second-order valence-corrected chi connectivity index (χ2v) is 4.68. The van der Waals surface area contributed by atoms with Crippen LogP contribution in [0.4, 0.5) is 4.39 Å². The molecule has 0 unspecified atom stereocenters. The molecule has 16 heavy (non-hydrogen) atoms. The van der Waals surface area contributed by atoms with Crippen molar-refractivity contribution >= 4 is 0 Å². The number of nitrogens with two attached hydrogens (primary N) is 1. The Balaban J connectivity index is 2.21. The fraction of sp³-hybridized carbons (Fsp3) is 0.538. The van der Waals surface area contributed by atoms with Gasteiger partial charge in [0.05, 0.1) is 6.61 Å². The van der Waals surface area contributed by atoms with Gasteiger partial charge in [-0.3, -0.25) is 0 Å². The standard InChI is InChI=1S/C13H18FNO/c1-8-5-13(16-7-10-3-4-10)11(9(2)15)6-12(8)14/h5-6,9-10H,3-4,7,15H2,1-2H3/t9-/m0/s1. The van der Waals surface area contributed by atoms with E-state index in [-0.39, 0.29) is 11.9 Å². The topological polar surface area (TPSA) is 35.2 Å². The minimum atomic E-state index is -0.217. The van der Waals surface area contributed by atoms with Crippen LogP contribution in [0.15, 0.2) is 12.1 Å². The molecule has 88 valence electrons. The summed E-state index contributed by atoms with van der Waals surface area (Å²) in [5.41, 5.74) is 7.17. The van der Waals surface area contributed by atoms with Gasteiger partial charge in [0.25, 0.3) is 0 Å². The number of halogens is 1. The quantitative estimate of drug-likeness (QED) is 0.851. The number of aryl methyl sites for hydroxylation is 1. The van der Waals surface area contributed by atoms with E-state index >= 15 is 0 Å². The van der Waals surface area contributed by atoms with Crippen LogP contribution in [0.25, 0.3) is 0 Å². The molecule has 0 amide bonds. The molecule has 1 aliphatic rings. The van der Waals surface area contributed by atoms with Crippen LogP contribution in [-0.2, 0) is 0 Å². The summed E-state index contributed by atoms with van der Waals surface area (Å²) < 4.78 is 19.1. The third kappa shape index (κ3) is 2.53. The van der Waals surface area contributed by atoms with Crippen LogP contribution >= 0.6 is 0 Å². The number of hydrogen-bond acceptors (Lipinski definition) is 2. The first kappa shape index (κ1) is 11.4. The Morgan fingerprint density at radius 1 is 1.50 bits per heavy atom. The Labute approximate surface area is 95.6 Å². The molecule has 1 fully saturated rings. The Hall–Kier alpha value is -1.09. The molecule has 2 nitrogen and oxygen atoms in total. The largest absolute Gasteiger partial charge is 0.493 e. The predicted molar refractivity (Wildman–Crippen MR) is 62.0 cm³/mol. The van der Waals surface area contributed by atoms with Crippen molar-refractivity contribution < 1.29 is 9.13 Å². The summed E-state index contributed by atoms with van der Waals surface area (Å²) in [6.07, 6.45) is 2.49. The molecule has 1 aromatic rings. The van der Waals surface area contributed by atoms with Crippen LogP contribution in [-0.4, -0.2) is 6.61 Å². The predicted octanol–water partition coefficient (Wildman–Crippen LogP) is 2.94. The van der Waals surface area contributed by atoms with Gasteiger partial charge in [-0.1, -0.05) is 0 Å². The Morgan fingerprint density at radius 3 is 2.75 bits per heavy atom. The minimum Gasteiger partial charge on any atom is -0.493 e. The SMILES string of the molecule is Cc1cc(OCC2CC2)c([C@H](C)N)cc1F. The van der Waals surface area contributed by atoms with E-state index in [1.165, 1.54) is 18.9 Å². The molecule has 2 rings (SSSR count). The van der Waals surface area contributed by atoms with E-state index in [4.69, 9.17) is 10.5 Å². The van der Waals surface area contributed by atoms with E-state index < -0.39 is 0 Å². The molecule has 0 radical (unpaired) electrons. The van der Waals surface area contributed by atoms with Crippen molar-refractivity contribution in [2.24, 2.45) is 11.7 Å². The zero-order chi connectivity index (χ0) is 11.7. The van der Waals surface area contributed by atoms with E-state index in [0.29, 0.717) is 11.5 Å². The maximum atomic E-state index is 13.4. The van der Waals surface area contributed by atoms with Gasteiger partial charge in [-0.15, -0.1) is 0 Å². The lowest BCUT2D eigenvalue weighted by atomic mass is 10.1. The van der Waals surface area contributed by atoms with E-state index in [0.717, 1.165) is 17.9 Å². The van der Waals surface area contributed by atoms with Crippen molar-refractivity contribution in [2.75, 3.05) is 6.61 Å². The molecule has 0 bridgehead atoms. The first-order chi connectivity index (χ1) is 7.58. The first-order valence-electron chi connectivity index (χ1n) is 5.76. The maximum Gasteiger partial charge on any atom is 0.126 e. The second-order valence-electron chi connectivity index (χ2n) is 4.68. The molecule has 1 atom stereocenters. The van der Waals surface area contributed by atoms with Gasteiger partial charge in [-0.2, -0.15) is 0 Å². The van der Waals surface area contributed by atoms with Gasteiger partial charge in [-0.25, -0.2) is 4.39 Å². The van der Waals surface area contributed by atoms with Crippen molar-refractivity contribution in [3.63, 3.8) is 0 Å². The Morgan fingerprint density at radius 2 is 2.19 bits per heavy atom. The molecule has 0 aromatic heterocycles. The van der Waals surface area contributed by atoms with Crippen LogP contribution in [0.5, 0.6) is 5.75 Å². The first-order valence-corrected chi connectivity index (χ1v) is 5.76. The van der Waals surface area contributed by atoms with Crippen molar-refractivity contribution in [1.82, 2.24) is 0 Å². The summed E-state index contributed by atoms with van der Waals surface area (Å²) in [6, 6.07) is 3.03. The summed E-state index contributed by atoms with van der Waals surface area (Å²) in [6.45, 7) is 4.31. The van der Waals surface area contributed by atoms with Gasteiger partial charge in [0.2, 0.25) is 0 Å². The zero-order valence-electron chi connectivity index (χ0n) is 9.79. The molecule has 0 spiro atoms. The number of benzene rings is 1. The second kappa shape index (κ2) is 4.42. The van der Waals surface area contributed by atoms with Gasteiger partial charge in [0, 0.05) is 11.6 Å². The zero-order valence-corrected chi connectivity index (χ0v) is 9.79. The van der Waals surface area contributed by atoms with Gasteiger partial charge in [-0.05, 0) is 50.3 Å². The Bertz CT molecular complexity index is 386. The average Bonchev–Trinajstić information content (AvgIpc) is 3.02. The van der Waals surface area contributed by atoms with Crippen LogP contribution in [0.2, 0.25) is 0 Å². The minimum absolute atomic E-state index is 0.204. The lowest BCUT2D eigenvalue weighted by molar-refractivity contribution is 0.294. The van der Waals surface area contributed by atoms with Gasteiger partial charge >= 0.3 is 0 Å². The highest BCUT2D eigenvalue weighted by Crippen LogP contribution is 2.32. The number of ether oxygens (including phenoxy) is 1. The van der Waals surface area contributed by atoms with E-state index in [2.05, 4.69) is 0 Å². The van der Waals surface area contributed by atoms with Crippen molar-refractivity contribution in [3.05, 3.63) is 29.1 Å². The molecule has 0 saturated heterocycles. The molecule has 0 heterocycles. The molecule has 1 aliphatic carbocycles. The smallest absolute Gasteiger partial charge is 0.126 e. The van der Waals surface area contributed by atoms with Gasteiger partial charge in [0.1, 0.15) is 11.6 Å². The highest BCUT2D eigenvalue weighted by Gasteiger charge is 2.23. The van der Waals surface area contributed by atoms with Gasteiger partial charge in [0.15, 0.2) is 0 Å². The van der Waals surface area contributed by atoms with Crippen LogP contribution < -0.4 is 10.5 Å². The number of rotatable bonds is 4. The highest BCUT2D eigenvalue weighted by atomic mass is 19.1. The van der Waals surface area contributed by atoms with Crippen molar-refractivity contribution in [1.29, 1.82) is 0 Å². The number of hydrogen-bond donors (Lipinski definition) is 1. The lowest BCUT2D eigenvalue weighted by Crippen LogP contribution is -2.10. The van der Waals surface area contributed by atoms with E-state index in [1.54, 1.807) is 13.0 Å². The molecule has 3 heteroatoms. The molecule has 1 aromatic carbocycles. The normalized spacial score (nSPS) is 17.2. The Kier molecular flexibility index (Phi) is 3.15. The summed E-state index contributed by atoms with van der Waals surface area (Å²) >= 11 is 0.